The van der Waals surface area contributed by atoms with Crippen LogP contribution in [-0.2, 0) is 18.2 Å². The predicted octanol–water partition coefficient (Wildman–Crippen LogP) is 1.40. The molecule has 0 bridgehead atoms. The fourth-order valence-corrected chi connectivity index (χ4v) is 2.68. The van der Waals surface area contributed by atoms with Crippen molar-refractivity contribution in [3.05, 3.63) is 15.9 Å². The lowest BCUT2D eigenvalue weighted by Gasteiger charge is -2.17. The number of aromatic nitrogens is 2. The summed E-state index contributed by atoms with van der Waals surface area (Å²) in [6.45, 7) is 3.65. The zero-order valence-corrected chi connectivity index (χ0v) is 11.3. The topological polar surface area (TPSA) is 53.1 Å². The van der Waals surface area contributed by atoms with Gasteiger partial charge in [-0.2, -0.15) is 5.10 Å². The van der Waals surface area contributed by atoms with Gasteiger partial charge in [0.1, 0.15) is 0 Å². The predicted molar refractivity (Wildman–Crippen MR) is 66.3 cm³/mol. The molecule has 1 aromatic heterocycles. The van der Waals surface area contributed by atoms with E-state index in [4.69, 9.17) is 10.5 Å². The number of hydrogen-bond acceptors (Lipinski definition) is 3. The number of nitrogens with two attached hydrogens (primary N) is 1. The van der Waals surface area contributed by atoms with Crippen molar-refractivity contribution in [3.63, 3.8) is 0 Å². The summed E-state index contributed by atoms with van der Waals surface area (Å²) in [6.07, 6.45) is 1.93. The van der Waals surface area contributed by atoms with Gasteiger partial charge in [0.05, 0.1) is 22.5 Å². The van der Waals surface area contributed by atoms with E-state index < -0.39 is 0 Å². The number of hydrogen-bond donors (Lipinski definition) is 1. The molecule has 1 aliphatic heterocycles. The Bertz CT molecular complexity index is 372. The van der Waals surface area contributed by atoms with Crippen molar-refractivity contribution in [1.82, 2.24) is 9.78 Å². The second-order valence-corrected chi connectivity index (χ2v) is 5.25. The highest BCUT2D eigenvalue weighted by Gasteiger charge is 2.25. The standard InChI is InChI=1S/C11H18BrN3O/c1-7-11(12)10(15(2)14-7)5-9(13)8-3-4-16-6-8/h8-9H,3-6,13H2,1-2H3. The Morgan fingerprint density at radius 3 is 2.94 bits per heavy atom. The number of nitrogens with zero attached hydrogens (tertiary/aromatic N) is 2. The van der Waals surface area contributed by atoms with Crippen LogP contribution < -0.4 is 5.73 Å². The van der Waals surface area contributed by atoms with Gasteiger partial charge in [-0.1, -0.05) is 0 Å². The van der Waals surface area contributed by atoms with Crippen LogP contribution in [0.4, 0.5) is 0 Å². The van der Waals surface area contributed by atoms with Gasteiger partial charge in [0.25, 0.3) is 0 Å². The maximum Gasteiger partial charge on any atom is 0.0738 e. The van der Waals surface area contributed by atoms with Crippen LogP contribution in [0, 0.1) is 12.8 Å². The summed E-state index contributed by atoms with van der Waals surface area (Å²) in [4.78, 5) is 0. The van der Waals surface area contributed by atoms with Crippen LogP contribution in [0.25, 0.3) is 0 Å². The van der Waals surface area contributed by atoms with Crippen molar-refractivity contribution in [1.29, 1.82) is 0 Å². The van der Waals surface area contributed by atoms with Gasteiger partial charge in [-0.05, 0) is 35.2 Å². The van der Waals surface area contributed by atoms with Gasteiger partial charge in [0.15, 0.2) is 0 Å². The molecule has 0 spiro atoms. The van der Waals surface area contributed by atoms with Crippen molar-refractivity contribution >= 4 is 15.9 Å². The molecule has 1 aromatic rings. The number of ether oxygens (including phenoxy) is 1. The quantitative estimate of drug-likeness (QED) is 0.914. The van der Waals surface area contributed by atoms with E-state index >= 15 is 0 Å². The zero-order valence-electron chi connectivity index (χ0n) is 9.74. The molecule has 2 atom stereocenters. The maximum absolute atomic E-state index is 6.22. The summed E-state index contributed by atoms with van der Waals surface area (Å²) in [6, 6.07) is 0.161. The summed E-state index contributed by atoms with van der Waals surface area (Å²) < 4.78 is 8.37. The van der Waals surface area contributed by atoms with Gasteiger partial charge in [-0.25, -0.2) is 0 Å². The highest BCUT2D eigenvalue weighted by molar-refractivity contribution is 9.10. The van der Waals surface area contributed by atoms with Crippen LogP contribution in [0.3, 0.4) is 0 Å². The van der Waals surface area contributed by atoms with Gasteiger partial charge < -0.3 is 10.5 Å². The average Bonchev–Trinajstić information content (AvgIpc) is 2.83. The normalized spacial score (nSPS) is 22.6. The summed E-state index contributed by atoms with van der Waals surface area (Å²) in [5.41, 5.74) is 8.41. The van der Waals surface area contributed by atoms with E-state index in [0.29, 0.717) is 5.92 Å². The Kier molecular flexibility index (Phi) is 3.66. The summed E-state index contributed by atoms with van der Waals surface area (Å²) in [7, 11) is 1.96. The second-order valence-electron chi connectivity index (χ2n) is 4.46. The third-order valence-electron chi connectivity index (χ3n) is 3.26. The van der Waals surface area contributed by atoms with Crippen LogP contribution >= 0.6 is 15.9 Å². The molecule has 2 unspecified atom stereocenters. The molecular weight excluding hydrogens is 270 g/mol. The molecule has 16 heavy (non-hydrogen) atoms. The first-order valence-corrected chi connectivity index (χ1v) is 6.40. The highest BCUT2D eigenvalue weighted by Crippen LogP contribution is 2.24. The van der Waals surface area contributed by atoms with Gasteiger partial charge in [0, 0.05) is 26.1 Å². The zero-order chi connectivity index (χ0) is 11.7. The van der Waals surface area contributed by atoms with E-state index in [9.17, 15) is 0 Å². The van der Waals surface area contributed by atoms with Crippen molar-refractivity contribution < 1.29 is 4.74 Å². The fourth-order valence-electron chi connectivity index (χ4n) is 2.18. The molecule has 0 radical (unpaired) electrons. The van der Waals surface area contributed by atoms with Crippen molar-refractivity contribution in [2.24, 2.45) is 18.7 Å². The van der Waals surface area contributed by atoms with Crippen molar-refractivity contribution in [3.8, 4) is 0 Å². The lowest BCUT2D eigenvalue weighted by atomic mass is 9.96. The first kappa shape index (κ1) is 12.1. The van der Waals surface area contributed by atoms with E-state index in [1.807, 2.05) is 18.7 Å². The smallest absolute Gasteiger partial charge is 0.0738 e. The van der Waals surface area contributed by atoms with Crippen molar-refractivity contribution in [2.45, 2.75) is 25.8 Å². The Labute approximate surface area is 104 Å². The van der Waals surface area contributed by atoms with Crippen LogP contribution in [0.15, 0.2) is 4.47 Å². The number of rotatable bonds is 3. The minimum Gasteiger partial charge on any atom is -0.381 e. The number of halogens is 1. The summed E-state index contributed by atoms with van der Waals surface area (Å²) in [5, 5.41) is 4.37. The van der Waals surface area contributed by atoms with Crippen LogP contribution in [0.5, 0.6) is 0 Å². The lowest BCUT2D eigenvalue weighted by Crippen LogP contribution is -2.33. The Morgan fingerprint density at radius 1 is 1.69 bits per heavy atom. The van der Waals surface area contributed by atoms with Gasteiger partial charge >= 0.3 is 0 Å². The number of aryl methyl sites for hydroxylation is 2. The average molecular weight is 288 g/mol. The van der Waals surface area contributed by atoms with Crippen LogP contribution in [0.1, 0.15) is 17.8 Å². The molecule has 4 nitrogen and oxygen atoms in total. The Hall–Kier alpha value is -0.390. The van der Waals surface area contributed by atoms with E-state index in [2.05, 4.69) is 21.0 Å². The molecule has 2 N–H and O–H groups in total. The SMILES string of the molecule is Cc1nn(C)c(CC(N)C2CCOC2)c1Br. The van der Waals surface area contributed by atoms with Crippen LogP contribution in [0.2, 0.25) is 0 Å². The maximum atomic E-state index is 6.22. The fraction of sp³-hybridized carbons (Fsp3) is 0.727. The van der Waals surface area contributed by atoms with E-state index in [-0.39, 0.29) is 6.04 Å². The van der Waals surface area contributed by atoms with Crippen molar-refractivity contribution in [2.75, 3.05) is 13.2 Å². The molecule has 90 valence electrons. The Balaban J connectivity index is 2.07. The van der Waals surface area contributed by atoms with Gasteiger partial charge in [-0.15, -0.1) is 0 Å². The summed E-state index contributed by atoms with van der Waals surface area (Å²) in [5.74, 6) is 0.488. The monoisotopic (exact) mass is 287 g/mol. The molecule has 0 aliphatic carbocycles. The van der Waals surface area contributed by atoms with Crippen LogP contribution in [-0.4, -0.2) is 29.0 Å². The van der Waals surface area contributed by atoms with E-state index in [1.54, 1.807) is 0 Å². The van der Waals surface area contributed by atoms with Gasteiger partial charge in [-0.3, -0.25) is 4.68 Å². The second kappa shape index (κ2) is 4.85. The largest absolute Gasteiger partial charge is 0.381 e. The third-order valence-corrected chi connectivity index (χ3v) is 4.29. The molecule has 0 saturated carbocycles. The minimum atomic E-state index is 0.161. The minimum absolute atomic E-state index is 0.161. The van der Waals surface area contributed by atoms with E-state index in [1.165, 1.54) is 5.69 Å². The molecule has 2 rings (SSSR count). The Morgan fingerprint density at radius 2 is 2.44 bits per heavy atom. The highest BCUT2D eigenvalue weighted by atomic mass is 79.9. The first-order valence-electron chi connectivity index (χ1n) is 5.61. The van der Waals surface area contributed by atoms with E-state index in [0.717, 1.165) is 36.2 Å². The molecule has 0 amide bonds. The molecular formula is C11H18BrN3O. The van der Waals surface area contributed by atoms with Gasteiger partial charge in [0.2, 0.25) is 0 Å². The molecule has 1 aliphatic rings. The molecule has 2 heterocycles. The molecule has 5 heteroatoms. The first-order chi connectivity index (χ1) is 7.59. The molecule has 1 saturated heterocycles. The lowest BCUT2D eigenvalue weighted by molar-refractivity contribution is 0.180. The summed E-state index contributed by atoms with van der Waals surface area (Å²) >= 11 is 3.57. The molecule has 1 fully saturated rings. The third kappa shape index (κ3) is 2.31. The molecule has 0 aromatic carbocycles.